The maximum atomic E-state index is 7.17. The molecular weight excluding hydrogens is 920 g/mol. The van der Waals surface area contributed by atoms with Crippen molar-refractivity contribution in [3.63, 3.8) is 0 Å². The van der Waals surface area contributed by atoms with Crippen LogP contribution >= 0.6 is 0 Å². The molecule has 14 rings (SSSR count). The molecule has 0 amide bonds. The first-order valence-corrected chi connectivity index (χ1v) is 27.4. The van der Waals surface area contributed by atoms with Gasteiger partial charge in [-0.2, -0.15) is 0 Å². The van der Waals surface area contributed by atoms with Crippen molar-refractivity contribution in [2.45, 2.75) is 105 Å². The Bertz CT molecular complexity index is 4400. The standard InChI is InChI=1S/C72H65BN2O/c1-69(2,3)44-31-32-58-52(36-44)55-37-47(72(10,11)12)38-56-66-65-51-29-21-22-30-61(51)76-62(65)41-60-67(66)73(75(58)68(55)56)57-39-53-54(40-59(57)74(60)48-34-45(70(4,5)6)33-46(35-48)71(7,8)9)64(43-25-17-14-18-26-43)50-28-20-19-27-49(50)63(53)42-23-15-13-16-24-42/h13-41H,1-12H3. The van der Waals surface area contributed by atoms with Crippen molar-refractivity contribution in [1.82, 2.24) is 4.48 Å². The average molecular weight is 985 g/mol. The van der Waals surface area contributed by atoms with Gasteiger partial charge in [-0.15, -0.1) is 0 Å². The summed E-state index contributed by atoms with van der Waals surface area (Å²) < 4.78 is 9.93. The molecule has 0 saturated carbocycles. The number of furan rings is 1. The number of para-hydroxylation sites is 1. The summed E-state index contributed by atoms with van der Waals surface area (Å²) in [5.41, 5.74) is 22.8. The molecule has 2 aliphatic rings. The van der Waals surface area contributed by atoms with Crippen molar-refractivity contribution in [2.75, 3.05) is 4.90 Å². The van der Waals surface area contributed by atoms with Crippen LogP contribution in [0.3, 0.4) is 0 Å². The molecule has 12 aromatic rings. The van der Waals surface area contributed by atoms with Gasteiger partial charge in [0.2, 0.25) is 0 Å². The molecule has 10 aromatic carbocycles. The fourth-order valence-electron chi connectivity index (χ4n) is 13.1. The maximum absolute atomic E-state index is 7.17. The molecule has 0 aliphatic carbocycles. The molecule has 0 unspecified atom stereocenters. The zero-order chi connectivity index (χ0) is 52.5. The van der Waals surface area contributed by atoms with E-state index >= 15 is 0 Å². The molecular formula is C72H65BN2O. The smallest absolute Gasteiger partial charge is 0.333 e. The Morgan fingerprint density at radius 2 is 0.908 bits per heavy atom. The van der Waals surface area contributed by atoms with Gasteiger partial charge in [0.25, 0.3) is 0 Å². The SMILES string of the molecule is CC(C)(C)c1cc(N2c3cc4c(-c5ccccc5)c5ccccc5c(-c5ccccc5)c4cc3B3c4c2cc2oc5ccccc5c2c4-c2cc(C(C)(C)C)cc4c5cc(C(C)(C)C)ccc5n3c24)cc(C(C)(C)C)c1. The summed E-state index contributed by atoms with van der Waals surface area (Å²) in [4.78, 5) is 2.65. The molecule has 0 saturated heterocycles. The van der Waals surface area contributed by atoms with Crippen LogP contribution in [0.25, 0.3) is 98.7 Å². The highest BCUT2D eigenvalue weighted by Gasteiger charge is 2.46. The number of anilines is 3. The minimum atomic E-state index is -0.199. The Kier molecular flexibility index (Phi) is 9.75. The Hall–Kier alpha value is -7.82. The molecule has 0 atom stereocenters. The van der Waals surface area contributed by atoms with Crippen molar-refractivity contribution in [2.24, 2.45) is 0 Å². The summed E-state index contributed by atoms with van der Waals surface area (Å²) in [7, 11) is 0. The van der Waals surface area contributed by atoms with Gasteiger partial charge in [-0.05, 0) is 153 Å². The van der Waals surface area contributed by atoms with E-state index < -0.39 is 0 Å². The maximum Gasteiger partial charge on any atom is 0.333 e. The van der Waals surface area contributed by atoms with Crippen LogP contribution in [-0.2, 0) is 21.7 Å². The lowest BCUT2D eigenvalue weighted by Crippen LogP contribution is -2.56. The van der Waals surface area contributed by atoms with Gasteiger partial charge in [0.05, 0.1) is 0 Å². The lowest BCUT2D eigenvalue weighted by atomic mass is 9.44. The van der Waals surface area contributed by atoms with E-state index in [0.717, 1.165) is 27.9 Å². The molecule has 0 bridgehead atoms. The van der Waals surface area contributed by atoms with Crippen molar-refractivity contribution < 1.29 is 4.42 Å². The van der Waals surface area contributed by atoms with Crippen LogP contribution in [-0.4, -0.2) is 11.3 Å². The highest BCUT2D eigenvalue weighted by molar-refractivity contribution is 6.90. The van der Waals surface area contributed by atoms with Gasteiger partial charge in [-0.25, -0.2) is 0 Å². The number of rotatable bonds is 3. The van der Waals surface area contributed by atoms with E-state index in [0.29, 0.717) is 0 Å². The second-order valence-electron chi connectivity index (χ2n) is 26.2. The zero-order valence-corrected chi connectivity index (χ0v) is 46.1. The summed E-state index contributed by atoms with van der Waals surface area (Å²) in [6.45, 7) is 28.1. The third-order valence-corrected chi connectivity index (χ3v) is 17.1. The number of hydrogen-bond acceptors (Lipinski definition) is 2. The number of fused-ring (bicyclic) bond motifs is 13. The van der Waals surface area contributed by atoms with Gasteiger partial charge >= 0.3 is 6.85 Å². The third kappa shape index (κ3) is 6.81. The summed E-state index contributed by atoms with van der Waals surface area (Å²) >= 11 is 0. The molecule has 76 heavy (non-hydrogen) atoms. The molecule has 4 heteroatoms. The molecule has 0 fully saturated rings. The molecule has 0 radical (unpaired) electrons. The van der Waals surface area contributed by atoms with Gasteiger partial charge < -0.3 is 13.8 Å². The molecule has 2 aliphatic heterocycles. The summed E-state index contributed by atoms with van der Waals surface area (Å²) in [5, 5.41) is 9.91. The first-order chi connectivity index (χ1) is 36.2. The summed E-state index contributed by atoms with van der Waals surface area (Å²) in [6, 6.07) is 67.5. The van der Waals surface area contributed by atoms with E-state index in [2.05, 4.69) is 268 Å². The monoisotopic (exact) mass is 985 g/mol. The molecule has 2 aromatic heterocycles. The van der Waals surface area contributed by atoms with Crippen LogP contribution < -0.4 is 15.8 Å². The first kappa shape index (κ1) is 46.7. The van der Waals surface area contributed by atoms with Gasteiger partial charge in [0.1, 0.15) is 11.2 Å². The Morgan fingerprint density at radius 1 is 0.382 bits per heavy atom. The van der Waals surface area contributed by atoms with E-state index in [9.17, 15) is 0 Å². The number of aromatic nitrogens is 1. The highest BCUT2D eigenvalue weighted by atomic mass is 16.3. The molecule has 4 heterocycles. The first-order valence-electron chi connectivity index (χ1n) is 27.4. The topological polar surface area (TPSA) is 21.3 Å². The molecule has 0 N–H and O–H groups in total. The minimum Gasteiger partial charge on any atom is -0.456 e. The lowest BCUT2D eigenvalue weighted by molar-refractivity contribution is 0.568. The Balaban J connectivity index is 1.25. The second kappa shape index (κ2) is 15.9. The van der Waals surface area contributed by atoms with Crippen LogP contribution in [0.1, 0.15) is 105 Å². The number of nitrogens with zero attached hydrogens (tertiary/aromatic N) is 2. The minimum absolute atomic E-state index is 0.0390. The van der Waals surface area contributed by atoms with Crippen molar-refractivity contribution >= 4 is 100 Å². The highest BCUT2D eigenvalue weighted by Crippen LogP contribution is 2.53. The van der Waals surface area contributed by atoms with Crippen molar-refractivity contribution in [1.29, 1.82) is 0 Å². The predicted molar refractivity (Wildman–Crippen MR) is 328 cm³/mol. The number of hydrogen-bond donors (Lipinski definition) is 0. The van der Waals surface area contributed by atoms with E-state index in [-0.39, 0.29) is 28.5 Å². The quantitative estimate of drug-likeness (QED) is 0.130. The fraction of sp³-hybridized carbons (Fsp3) is 0.222. The fourth-order valence-corrected chi connectivity index (χ4v) is 13.1. The molecule has 372 valence electrons. The van der Waals surface area contributed by atoms with Crippen molar-refractivity contribution in [3.05, 3.63) is 198 Å². The van der Waals surface area contributed by atoms with Crippen LogP contribution in [0.4, 0.5) is 17.1 Å². The molecule has 0 spiro atoms. The zero-order valence-electron chi connectivity index (χ0n) is 46.1. The lowest BCUT2D eigenvalue weighted by Gasteiger charge is -2.42. The van der Waals surface area contributed by atoms with Crippen LogP contribution in [0.15, 0.2) is 180 Å². The van der Waals surface area contributed by atoms with E-state index in [1.807, 2.05) is 0 Å². The van der Waals surface area contributed by atoms with E-state index in [1.54, 1.807) is 0 Å². The van der Waals surface area contributed by atoms with Gasteiger partial charge in [-0.3, -0.25) is 0 Å². The Labute approximate surface area is 447 Å². The van der Waals surface area contributed by atoms with Gasteiger partial charge in [-0.1, -0.05) is 204 Å². The third-order valence-electron chi connectivity index (χ3n) is 17.1. The van der Waals surface area contributed by atoms with E-state index in [1.165, 1.54) is 121 Å². The Morgan fingerprint density at radius 3 is 1.50 bits per heavy atom. The largest absolute Gasteiger partial charge is 0.456 e. The molecule has 3 nitrogen and oxygen atoms in total. The van der Waals surface area contributed by atoms with Gasteiger partial charge in [0.15, 0.2) is 0 Å². The van der Waals surface area contributed by atoms with Crippen molar-refractivity contribution in [3.8, 4) is 33.4 Å². The predicted octanol–water partition coefficient (Wildman–Crippen LogP) is 18.9. The second-order valence-corrected chi connectivity index (χ2v) is 26.2. The summed E-state index contributed by atoms with van der Waals surface area (Å²) in [6.07, 6.45) is 0. The normalized spacial score (nSPS) is 13.7. The van der Waals surface area contributed by atoms with E-state index in [4.69, 9.17) is 4.42 Å². The number of benzene rings is 10. The van der Waals surface area contributed by atoms with Gasteiger partial charge in [0, 0.05) is 61.3 Å². The van der Waals surface area contributed by atoms with Crippen LogP contribution in [0, 0.1) is 0 Å². The average Bonchev–Trinajstić information content (AvgIpc) is 3.57. The van der Waals surface area contributed by atoms with Crippen LogP contribution in [0.2, 0.25) is 0 Å². The summed E-state index contributed by atoms with van der Waals surface area (Å²) in [5.74, 6) is 0. The van der Waals surface area contributed by atoms with Crippen LogP contribution in [0.5, 0.6) is 0 Å².